The second-order valence-corrected chi connectivity index (χ2v) is 7.60. The number of rotatable bonds is 8. The largest absolute Gasteiger partial charge is 0.371 e. The van der Waals surface area contributed by atoms with Gasteiger partial charge in [0.2, 0.25) is 0 Å². The summed E-state index contributed by atoms with van der Waals surface area (Å²) in [5, 5.41) is 10.4. The molecular formula is C23H32N4. The van der Waals surface area contributed by atoms with Crippen LogP contribution in [0.25, 0.3) is 10.9 Å². The first-order valence-corrected chi connectivity index (χ1v) is 10.5. The summed E-state index contributed by atoms with van der Waals surface area (Å²) in [5.74, 6) is 0.862. The molecule has 1 aromatic heterocycles. The Bertz CT molecular complexity index is 768. The van der Waals surface area contributed by atoms with Gasteiger partial charge in [-0.1, -0.05) is 26.7 Å². The highest BCUT2D eigenvalue weighted by molar-refractivity contribution is 5.95. The topological polar surface area (TPSA) is 43.2 Å². The molecule has 4 heteroatoms. The van der Waals surface area contributed by atoms with E-state index in [2.05, 4.69) is 46.8 Å². The SMILES string of the molecule is CCN(CC)CCCCC1CCN(c2ccc(C#N)c3ncccc23)CC1. The van der Waals surface area contributed by atoms with E-state index in [4.69, 9.17) is 0 Å². The number of hydrogen-bond acceptors (Lipinski definition) is 4. The average molecular weight is 365 g/mol. The van der Waals surface area contributed by atoms with E-state index in [1.54, 1.807) is 6.20 Å². The number of piperidine rings is 1. The molecule has 1 aliphatic rings. The van der Waals surface area contributed by atoms with Gasteiger partial charge in [-0.25, -0.2) is 0 Å². The quantitative estimate of drug-likeness (QED) is 0.629. The van der Waals surface area contributed by atoms with Crippen LogP contribution in [0.4, 0.5) is 5.69 Å². The lowest BCUT2D eigenvalue weighted by atomic mass is 9.91. The summed E-state index contributed by atoms with van der Waals surface area (Å²) in [6, 6.07) is 10.4. The summed E-state index contributed by atoms with van der Waals surface area (Å²) in [5.41, 5.74) is 2.73. The summed E-state index contributed by atoms with van der Waals surface area (Å²) in [6.07, 6.45) is 8.36. The van der Waals surface area contributed by atoms with Gasteiger partial charge in [0.25, 0.3) is 0 Å². The molecule has 144 valence electrons. The van der Waals surface area contributed by atoms with Crippen LogP contribution in [0.3, 0.4) is 0 Å². The van der Waals surface area contributed by atoms with Crippen molar-refractivity contribution in [2.75, 3.05) is 37.6 Å². The minimum atomic E-state index is 0.664. The van der Waals surface area contributed by atoms with Crippen LogP contribution in [0.2, 0.25) is 0 Å². The zero-order valence-corrected chi connectivity index (χ0v) is 16.8. The fourth-order valence-corrected chi connectivity index (χ4v) is 4.29. The number of fused-ring (bicyclic) bond motifs is 1. The van der Waals surface area contributed by atoms with Crippen LogP contribution in [0, 0.1) is 17.2 Å². The van der Waals surface area contributed by atoms with Gasteiger partial charge < -0.3 is 9.80 Å². The highest BCUT2D eigenvalue weighted by atomic mass is 15.1. The highest BCUT2D eigenvalue weighted by Crippen LogP contribution is 2.32. The Kier molecular flexibility index (Phi) is 7.06. The number of nitrogens with zero attached hydrogens (tertiary/aromatic N) is 4. The normalized spacial score (nSPS) is 15.4. The molecule has 4 nitrogen and oxygen atoms in total. The van der Waals surface area contributed by atoms with Crippen LogP contribution in [0.15, 0.2) is 30.5 Å². The van der Waals surface area contributed by atoms with E-state index < -0.39 is 0 Å². The number of aromatic nitrogens is 1. The smallest absolute Gasteiger partial charge is 0.101 e. The van der Waals surface area contributed by atoms with Gasteiger partial charge in [0.1, 0.15) is 6.07 Å². The average Bonchev–Trinajstić information content (AvgIpc) is 2.73. The fraction of sp³-hybridized carbons (Fsp3) is 0.565. The third-order valence-electron chi connectivity index (χ3n) is 6.05. The molecular weight excluding hydrogens is 332 g/mol. The van der Waals surface area contributed by atoms with Gasteiger partial charge in [0.15, 0.2) is 0 Å². The van der Waals surface area contributed by atoms with Crippen molar-refractivity contribution in [3.63, 3.8) is 0 Å². The first-order valence-electron chi connectivity index (χ1n) is 10.5. The summed E-state index contributed by atoms with van der Waals surface area (Å²) >= 11 is 0. The minimum Gasteiger partial charge on any atom is -0.371 e. The van der Waals surface area contributed by atoms with Crippen molar-refractivity contribution < 1.29 is 0 Å². The molecule has 0 radical (unpaired) electrons. The molecule has 2 heterocycles. The molecule has 3 rings (SSSR count). The van der Waals surface area contributed by atoms with Crippen molar-refractivity contribution in [1.29, 1.82) is 5.26 Å². The summed E-state index contributed by atoms with van der Waals surface area (Å²) < 4.78 is 0. The van der Waals surface area contributed by atoms with Crippen LogP contribution < -0.4 is 4.90 Å². The number of unbranched alkanes of at least 4 members (excludes halogenated alkanes) is 1. The lowest BCUT2D eigenvalue weighted by Crippen LogP contribution is -2.33. The van der Waals surface area contributed by atoms with Gasteiger partial charge in [0, 0.05) is 30.4 Å². The van der Waals surface area contributed by atoms with Gasteiger partial charge >= 0.3 is 0 Å². The maximum absolute atomic E-state index is 9.33. The summed E-state index contributed by atoms with van der Waals surface area (Å²) in [4.78, 5) is 9.45. The first kappa shape index (κ1) is 19.6. The lowest BCUT2D eigenvalue weighted by molar-refractivity contribution is 0.286. The number of nitriles is 1. The standard InChI is InChI=1S/C23H32N4/c1-3-26(4-2)15-6-5-8-19-12-16-27(17-13-19)22-11-10-20(18-24)23-21(22)9-7-14-25-23/h7,9-11,14,19H,3-6,8,12-13,15-17H2,1-2H3. The Labute approximate surface area is 163 Å². The second-order valence-electron chi connectivity index (χ2n) is 7.60. The molecule has 0 amide bonds. The number of anilines is 1. The van der Waals surface area contributed by atoms with E-state index in [-0.39, 0.29) is 0 Å². The third-order valence-corrected chi connectivity index (χ3v) is 6.05. The Morgan fingerprint density at radius 2 is 1.93 bits per heavy atom. The van der Waals surface area contributed by atoms with Gasteiger partial charge in [-0.15, -0.1) is 0 Å². The molecule has 0 N–H and O–H groups in total. The Balaban J connectivity index is 1.54. The van der Waals surface area contributed by atoms with Crippen molar-refractivity contribution in [1.82, 2.24) is 9.88 Å². The monoisotopic (exact) mass is 364 g/mol. The van der Waals surface area contributed by atoms with Crippen molar-refractivity contribution >= 4 is 16.6 Å². The number of hydrogen-bond donors (Lipinski definition) is 0. The minimum absolute atomic E-state index is 0.664. The molecule has 1 saturated heterocycles. The maximum atomic E-state index is 9.33. The molecule has 1 aliphatic heterocycles. The van der Waals surface area contributed by atoms with E-state index in [0.717, 1.165) is 29.9 Å². The first-order chi connectivity index (χ1) is 13.3. The molecule has 0 spiro atoms. The molecule has 2 aromatic rings. The Morgan fingerprint density at radius 3 is 2.63 bits per heavy atom. The van der Waals surface area contributed by atoms with E-state index >= 15 is 0 Å². The predicted octanol–water partition coefficient (Wildman–Crippen LogP) is 4.83. The number of benzene rings is 1. The van der Waals surface area contributed by atoms with E-state index in [0.29, 0.717) is 5.56 Å². The second kappa shape index (κ2) is 9.71. The van der Waals surface area contributed by atoms with Crippen molar-refractivity contribution in [3.05, 3.63) is 36.0 Å². The van der Waals surface area contributed by atoms with E-state index in [1.807, 2.05) is 12.1 Å². The van der Waals surface area contributed by atoms with Crippen molar-refractivity contribution in [2.45, 2.75) is 46.0 Å². The van der Waals surface area contributed by atoms with Crippen molar-refractivity contribution in [2.24, 2.45) is 5.92 Å². The Morgan fingerprint density at radius 1 is 1.15 bits per heavy atom. The molecule has 0 atom stereocenters. The zero-order chi connectivity index (χ0) is 19.1. The lowest BCUT2D eigenvalue weighted by Gasteiger charge is -2.34. The molecule has 0 aliphatic carbocycles. The molecule has 27 heavy (non-hydrogen) atoms. The molecule has 0 saturated carbocycles. The van der Waals surface area contributed by atoms with Crippen LogP contribution in [0.1, 0.15) is 51.5 Å². The van der Waals surface area contributed by atoms with E-state index in [1.165, 1.54) is 57.4 Å². The van der Waals surface area contributed by atoms with Gasteiger partial charge in [-0.05, 0) is 69.1 Å². The van der Waals surface area contributed by atoms with Crippen LogP contribution in [0.5, 0.6) is 0 Å². The summed E-state index contributed by atoms with van der Waals surface area (Å²) in [6.45, 7) is 10.3. The van der Waals surface area contributed by atoms with Crippen LogP contribution in [-0.2, 0) is 0 Å². The zero-order valence-electron chi connectivity index (χ0n) is 16.8. The molecule has 1 aromatic carbocycles. The summed E-state index contributed by atoms with van der Waals surface area (Å²) in [7, 11) is 0. The third kappa shape index (κ3) is 4.78. The van der Waals surface area contributed by atoms with Crippen LogP contribution >= 0.6 is 0 Å². The van der Waals surface area contributed by atoms with Gasteiger partial charge in [0.05, 0.1) is 11.1 Å². The maximum Gasteiger partial charge on any atom is 0.101 e. The number of pyridine rings is 1. The van der Waals surface area contributed by atoms with Gasteiger partial charge in [-0.3, -0.25) is 4.98 Å². The molecule has 1 fully saturated rings. The fourth-order valence-electron chi connectivity index (χ4n) is 4.29. The molecule has 0 bridgehead atoms. The predicted molar refractivity (Wildman–Crippen MR) is 113 cm³/mol. The van der Waals surface area contributed by atoms with Crippen molar-refractivity contribution in [3.8, 4) is 6.07 Å². The van der Waals surface area contributed by atoms with Gasteiger partial charge in [-0.2, -0.15) is 5.26 Å². The highest BCUT2D eigenvalue weighted by Gasteiger charge is 2.21. The van der Waals surface area contributed by atoms with Crippen LogP contribution in [-0.4, -0.2) is 42.6 Å². The van der Waals surface area contributed by atoms with E-state index in [9.17, 15) is 5.26 Å². The molecule has 0 unspecified atom stereocenters. The Hall–Kier alpha value is -2.12.